The van der Waals surface area contributed by atoms with Crippen LogP contribution in [0.1, 0.15) is 6.42 Å². The lowest BCUT2D eigenvalue weighted by molar-refractivity contribution is -0.143. The first-order valence-electron chi connectivity index (χ1n) is 4.60. The highest BCUT2D eigenvalue weighted by molar-refractivity contribution is 5.87. The van der Waals surface area contributed by atoms with E-state index in [9.17, 15) is 9.59 Å². The second-order valence-corrected chi connectivity index (χ2v) is 3.43. The number of hydrogen-bond donors (Lipinski definition) is 5. The van der Waals surface area contributed by atoms with Crippen LogP contribution >= 0.6 is 0 Å². The minimum atomic E-state index is -1.29. The van der Waals surface area contributed by atoms with E-state index >= 15 is 0 Å². The lowest BCUT2D eigenvalue weighted by Gasteiger charge is -2.15. The maximum Gasteiger partial charge on any atom is 0.328 e. The molecule has 3 atom stereocenters. The Hall–Kier alpha value is -1.18. The Bertz CT molecular complexity index is 257. The quantitative estimate of drug-likeness (QED) is 0.349. The molecule has 1 heterocycles. The molecule has 86 valence electrons. The third-order valence-corrected chi connectivity index (χ3v) is 2.22. The lowest BCUT2D eigenvalue weighted by atomic mass is 10.2. The van der Waals surface area contributed by atoms with Gasteiger partial charge in [-0.05, 0) is 6.42 Å². The Balaban J connectivity index is 2.44. The van der Waals surface area contributed by atoms with E-state index in [0.717, 1.165) is 0 Å². The number of carbonyl (C=O) groups excluding carboxylic acids is 1. The number of rotatable bonds is 4. The molecule has 0 aromatic carbocycles. The van der Waals surface area contributed by atoms with Crippen molar-refractivity contribution in [1.29, 1.82) is 0 Å². The number of amides is 1. The monoisotopic (exact) mass is 218 g/mol. The fourth-order valence-corrected chi connectivity index (χ4v) is 1.37. The van der Waals surface area contributed by atoms with Gasteiger partial charge in [0.2, 0.25) is 5.91 Å². The predicted molar refractivity (Wildman–Crippen MR) is 49.1 cm³/mol. The zero-order valence-corrected chi connectivity index (χ0v) is 8.01. The van der Waals surface area contributed by atoms with Crippen molar-refractivity contribution in [2.75, 3.05) is 13.2 Å². The molecule has 0 aromatic heterocycles. The zero-order valence-electron chi connectivity index (χ0n) is 8.01. The van der Waals surface area contributed by atoms with Crippen molar-refractivity contribution in [3.8, 4) is 0 Å². The molecule has 0 unspecified atom stereocenters. The van der Waals surface area contributed by atoms with Crippen molar-refractivity contribution in [2.45, 2.75) is 24.6 Å². The van der Waals surface area contributed by atoms with Gasteiger partial charge in [0, 0.05) is 6.54 Å². The minimum Gasteiger partial charge on any atom is -0.480 e. The van der Waals surface area contributed by atoms with E-state index in [1.54, 1.807) is 0 Å². The van der Waals surface area contributed by atoms with Crippen LogP contribution in [0.2, 0.25) is 0 Å². The van der Waals surface area contributed by atoms with Crippen molar-refractivity contribution < 1.29 is 24.9 Å². The standard InChI is InChI=1S/C8H14N2O5/c11-3-6(8(14)15)10-7(13)5-1-4(12)2-9-5/h4-6,9,11-12H,1-3H2,(H,10,13)(H,14,15)/t4-,5+,6-/m0/s1. The van der Waals surface area contributed by atoms with Crippen LogP contribution in [0.5, 0.6) is 0 Å². The first-order chi connectivity index (χ1) is 7.04. The number of carboxylic acids is 1. The molecule has 0 aliphatic carbocycles. The summed E-state index contributed by atoms with van der Waals surface area (Å²) in [5.41, 5.74) is 0. The highest BCUT2D eigenvalue weighted by atomic mass is 16.4. The second-order valence-electron chi connectivity index (χ2n) is 3.43. The van der Waals surface area contributed by atoms with Gasteiger partial charge >= 0.3 is 5.97 Å². The Morgan fingerprint density at radius 3 is 2.60 bits per heavy atom. The normalized spacial score (nSPS) is 27.3. The van der Waals surface area contributed by atoms with Gasteiger partial charge in [-0.1, -0.05) is 0 Å². The van der Waals surface area contributed by atoms with Gasteiger partial charge in [-0.15, -0.1) is 0 Å². The molecule has 1 aliphatic heterocycles. The number of carboxylic acid groups (broad SMARTS) is 1. The summed E-state index contributed by atoms with van der Waals surface area (Å²) in [7, 11) is 0. The number of β-amino-alcohol motifs (C(OH)–C–C–N with tert-alkyl or cyclic N) is 1. The third-order valence-electron chi connectivity index (χ3n) is 2.22. The molecule has 1 saturated heterocycles. The first kappa shape index (κ1) is 11.9. The van der Waals surface area contributed by atoms with Gasteiger partial charge in [-0.3, -0.25) is 4.79 Å². The summed E-state index contributed by atoms with van der Waals surface area (Å²) in [6.45, 7) is -0.342. The molecule has 7 heteroatoms. The summed E-state index contributed by atoms with van der Waals surface area (Å²) in [5, 5.41) is 31.3. The van der Waals surface area contributed by atoms with Crippen LogP contribution < -0.4 is 10.6 Å². The number of aliphatic hydroxyl groups is 2. The number of nitrogens with one attached hydrogen (secondary N) is 2. The minimum absolute atomic E-state index is 0.254. The summed E-state index contributed by atoms with van der Waals surface area (Å²) < 4.78 is 0. The smallest absolute Gasteiger partial charge is 0.328 e. The van der Waals surface area contributed by atoms with Gasteiger partial charge in [0.25, 0.3) is 0 Å². The van der Waals surface area contributed by atoms with Crippen LogP contribution in [-0.4, -0.2) is 58.5 Å². The third kappa shape index (κ3) is 3.15. The highest BCUT2D eigenvalue weighted by Gasteiger charge is 2.30. The van der Waals surface area contributed by atoms with Gasteiger partial charge in [-0.2, -0.15) is 0 Å². The Morgan fingerprint density at radius 2 is 2.20 bits per heavy atom. The molecule has 1 amide bonds. The molecule has 1 aliphatic rings. The van der Waals surface area contributed by atoms with Crippen LogP contribution in [-0.2, 0) is 9.59 Å². The van der Waals surface area contributed by atoms with Crippen LogP contribution in [0.3, 0.4) is 0 Å². The van der Waals surface area contributed by atoms with E-state index in [-0.39, 0.29) is 6.42 Å². The van der Waals surface area contributed by atoms with Crippen LogP contribution in [0.4, 0.5) is 0 Å². The Labute approximate surface area is 86.1 Å². The van der Waals surface area contributed by atoms with Crippen molar-refractivity contribution in [2.24, 2.45) is 0 Å². The zero-order chi connectivity index (χ0) is 11.4. The summed E-state index contributed by atoms with van der Waals surface area (Å²) in [5.74, 6) is -1.81. The molecule has 0 saturated carbocycles. The second kappa shape index (κ2) is 5.06. The Kier molecular flexibility index (Phi) is 4.01. The van der Waals surface area contributed by atoms with Crippen LogP contribution in [0.15, 0.2) is 0 Å². The van der Waals surface area contributed by atoms with Gasteiger partial charge in [0.05, 0.1) is 18.8 Å². The van der Waals surface area contributed by atoms with Crippen molar-refractivity contribution >= 4 is 11.9 Å². The summed E-state index contributed by atoms with van der Waals surface area (Å²) in [6, 6.07) is -1.88. The average Bonchev–Trinajstić information content (AvgIpc) is 2.60. The maximum absolute atomic E-state index is 11.4. The number of hydrogen-bond acceptors (Lipinski definition) is 5. The van der Waals surface area contributed by atoms with E-state index < -0.39 is 36.7 Å². The van der Waals surface area contributed by atoms with Crippen molar-refractivity contribution in [3.05, 3.63) is 0 Å². The fraction of sp³-hybridized carbons (Fsp3) is 0.750. The van der Waals surface area contributed by atoms with E-state index in [1.807, 2.05) is 0 Å². The molecule has 7 nitrogen and oxygen atoms in total. The molecule has 0 bridgehead atoms. The summed E-state index contributed by atoms with van der Waals surface area (Å²) >= 11 is 0. The van der Waals surface area contributed by atoms with E-state index in [0.29, 0.717) is 6.54 Å². The van der Waals surface area contributed by atoms with E-state index in [1.165, 1.54) is 0 Å². The topological polar surface area (TPSA) is 119 Å². The lowest BCUT2D eigenvalue weighted by Crippen LogP contribution is -2.49. The van der Waals surface area contributed by atoms with E-state index in [4.69, 9.17) is 15.3 Å². The summed E-state index contributed by atoms with van der Waals surface area (Å²) in [6.07, 6.45) is -0.331. The average molecular weight is 218 g/mol. The van der Waals surface area contributed by atoms with Crippen LogP contribution in [0.25, 0.3) is 0 Å². The summed E-state index contributed by atoms with van der Waals surface area (Å²) in [4.78, 5) is 21.9. The molecule has 0 aromatic rings. The van der Waals surface area contributed by atoms with Crippen molar-refractivity contribution in [1.82, 2.24) is 10.6 Å². The Morgan fingerprint density at radius 1 is 1.53 bits per heavy atom. The number of carbonyl (C=O) groups is 2. The first-order valence-corrected chi connectivity index (χ1v) is 4.60. The molecule has 0 radical (unpaired) electrons. The van der Waals surface area contributed by atoms with Gasteiger partial charge in [-0.25, -0.2) is 4.79 Å². The molecule has 0 spiro atoms. The molecule has 15 heavy (non-hydrogen) atoms. The largest absolute Gasteiger partial charge is 0.480 e. The van der Waals surface area contributed by atoms with Gasteiger partial charge in [0.1, 0.15) is 6.04 Å². The molecule has 1 fully saturated rings. The fourth-order valence-electron chi connectivity index (χ4n) is 1.37. The number of aliphatic carboxylic acids is 1. The highest BCUT2D eigenvalue weighted by Crippen LogP contribution is 2.06. The molecular weight excluding hydrogens is 204 g/mol. The van der Waals surface area contributed by atoms with Gasteiger partial charge < -0.3 is 26.0 Å². The van der Waals surface area contributed by atoms with Crippen LogP contribution in [0, 0.1) is 0 Å². The molecule has 1 rings (SSSR count). The maximum atomic E-state index is 11.4. The molecular formula is C8H14N2O5. The SMILES string of the molecule is O=C(O)[C@H](CO)NC(=O)[C@H]1C[C@H](O)CN1. The van der Waals surface area contributed by atoms with Gasteiger partial charge in [0.15, 0.2) is 0 Å². The van der Waals surface area contributed by atoms with E-state index in [2.05, 4.69) is 10.6 Å². The van der Waals surface area contributed by atoms with Crippen molar-refractivity contribution in [3.63, 3.8) is 0 Å². The predicted octanol–water partition coefficient (Wildman–Crippen LogP) is -2.73. The number of aliphatic hydroxyl groups excluding tert-OH is 2. The molecule has 5 N–H and O–H groups in total.